The van der Waals surface area contributed by atoms with Crippen LogP contribution in [0.4, 0.5) is 0 Å². The summed E-state index contributed by atoms with van der Waals surface area (Å²) in [6.45, 7) is 8.28. The number of benzene rings is 1. The van der Waals surface area contributed by atoms with Crippen molar-refractivity contribution in [3.8, 4) is 0 Å². The summed E-state index contributed by atoms with van der Waals surface area (Å²) in [5.41, 5.74) is 1.45. The lowest BCUT2D eigenvalue weighted by molar-refractivity contribution is -0.0901. The summed E-state index contributed by atoms with van der Waals surface area (Å²) in [4.78, 5) is 5.31. The van der Waals surface area contributed by atoms with E-state index in [2.05, 4.69) is 54.0 Å². The molecule has 0 aliphatic carbocycles. The van der Waals surface area contributed by atoms with Crippen LogP contribution in [0.3, 0.4) is 0 Å². The number of hydrogen-bond acceptors (Lipinski definition) is 2. The Morgan fingerprint density at radius 3 is 2.35 bits per heavy atom. The largest absolute Gasteiger partial charge is 0.296 e. The Kier molecular flexibility index (Phi) is 2.93. The Labute approximate surface area is 104 Å². The van der Waals surface area contributed by atoms with Crippen LogP contribution in [0.1, 0.15) is 25.8 Å². The highest BCUT2D eigenvalue weighted by Crippen LogP contribution is 2.34. The number of piperazine rings is 1. The van der Waals surface area contributed by atoms with Gasteiger partial charge in [0.1, 0.15) is 0 Å². The molecule has 2 nitrogen and oxygen atoms in total. The smallest absolute Gasteiger partial charge is 0.0244 e. The molecule has 92 valence electrons. The summed E-state index contributed by atoms with van der Waals surface area (Å²) in [5, 5.41) is 0. The molecule has 3 saturated heterocycles. The van der Waals surface area contributed by atoms with Crippen LogP contribution in [-0.4, -0.2) is 41.0 Å². The van der Waals surface area contributed by atoms with Crippen LogP contribution in [0.5, 0.6) is 0 Å². The van der Waals surface area contributed by atoms with E-state index in [9.17, 15) is 0 Å². The number of hydrogen-bond donors (Lipinski definition) is 0. The molecule has 0 N–H and O–H groups in total. The molecule has 0 saturated carbocycles. The van der Waals surface area contributed by atoms with Crippen molar-refractivity contribution in [2.75, 3.05) is 13.1 Å². The van der Waals surface area contributed by atoms with Crippen molar-refractivity contribution in [1.82, 2.24) is 9.80 Å². The second kappa shape index (κ2) is 4.43. The first-order valence-corrected chi connectivity index (χ1v) is 6.78. The molecule has 2 unspecified atom stereocenters. The van der Waals surface area contributed by atoms with Crippen molar-refractivity contribution >= 4 is 0 Å². The molecular formula is C15H22N2. The molecule has 2 atom stereocenters. The topological polar surface area (TPSA) is 6.48 Å². The molecule has 3 heterocycles. The lowest BCUT2D eigenvalue weighted by Crippen LogP contribution is -2.69. The molecule has 3 aliphatic rings. The molecule has 2 bridgehead atoms. The first-order chi connectivity index (χ1) is 8.24. The fourth-order valence-electron chi connectivity index (χ4n) is 3.54. The van der Waals surface area contributed by atoms with Gasteiger partial charge in [-0.3, -0.25) is 9.80 Å². The zero-order chi connectivity index (χ0) is 11.8. The lowest BCUT2D eigenvalue weighted by Gasteiger charge is -2.58. The first-order valence-electron chi connectivity index (χ1n) is 6.78. The average Bonchev–Trinajstić information content (AvgIpc) is 2.29. The van der Waals surface area contributed by atoms with Crippen molar-refractivity contribution in [1.29, 1.82) is 0 Å². The number of fused-ring (bicyclic) bond motifs is 2. The third kappa shape index (κ3) is 2.12. The molecule has 1 aromatic rings. The van der Waals surface area contributed by atoms with E-state index < -0.39 is 0 Å². The quantitative estimate of drug-likeness (QED) is 0.786. The maximum atomic E-state index is 2.70. The van der Waals surface area contributed by atoms with Crippen LogP contribution in [0.25, 0.3) is 0 Å². The zero-order valence-corrected chi connectivity index (χ0v) is 10.8. The SMILES string of the molecule is CC(C)N1C2CC1CN(Cc1ccccc1)C2. The Morgan fingerprint density at radius 2 is 1.76 bits per heavy atom. The molecule has 2 heteroatoms. The summed E-state index contributed by atoms with van der Waals surface area (Å²) in [6.07, 6.45) is 1.42. The Balaban J connectivity index is 1.60. The highest BCUT2D eigenvalue weighted by atomic mass is 15.4. The van der Waals surface area contributed by atoms with Crippen molar-refractivity contribution < 1.29 is 0 Å². The van der Waals surface area contributed by atoms with Crippen LogP contribution in [0.15, 0.2) is 30.3 Å². The molecule has 3 fully saturated rings. The molecule has 0 aromatic heterocycles. The molecule has 0 amide bonds. The standard InChI is InChI=1S/C15H22N2/c1-12(2)17-14-8-15(17)11-16(10-14)9-13-6-4-3-5-7-13/h3-7,12,14-15H,8-11H2,1-2H3. The van der Waals surface area contributed by atoms with Gasteiger partial charge in [-0.05, 0) is 25.8 Å². The van der Waals surface area contributed by atoms with E-state index in [0.29, 0.717) is 0 Å². The highest BCUT2D eigenvalue weighted by Gasteiger charge is 2.45. The fraction of sp³-hybridized carbons (Fsp3) is 0.600. The van der Waals surface area contributed by atoms with Gasteiger partial charge >= 0.3 is 0 Å². The monoisotopic (exact) mass is 230 g/mol. The minimum atomic E-state index is 0.720. The molecule has 0 radical (unpaired) electrons. The zero-order valence-electron chi connectivity index (χ0n) is 10.8. The summed E-state index contributed by atoms with van der Waals surface area (Å²) in [6, 6.07) is 13.2. The Bertz CT molecular complexity index is 362. The predicted molar refractivity (Wildman–Crippen MR) is 70.9 cm³/mol. The Morgan fingerprint density at radius 1 is 1.12 bits per heavy atom. The molecule has 4 rings (SSSR count). The van der Waals surface area contributed by atoms with E-state index in [4.69, 9.17) is 0 Å². The second-order valence-electron chi connectivity index (χ2n) is 5.76. The third-order valence-corrected chi connectivity index (χ3v) is 4.17. The van der Waals surface area contributed by atoms with Crippen molar-refractivity contribution in [3.63, 3.8) is 0 Å². The normalized spacial score (nSPS) is 29.4. The maximum absolute atomic E-state index is 2.70. The summed E-state index contributed by atoms with van der Waals surface area (Å²) >= 11 is 0. The van der Waals surface area contributed by atoms with Crippen molar-refractivity contribution in [2.24, 2.45) is 0 Å². The number of nitrogens with zero attached hydrogens (tertiary/aromatic N) is 2. The predicted octanol–water partition coefficient (Wildman–Crippen LogP) is 2.35. The van der Waals surface area contributed by atoms with Gasteiger partial charge < -0.3 is 0 Å². The molecule has 1 aromatic carbocycles. The molecular weight excluding hydrogens is 208 g/mol. The van der Waals surface area contributed by atoms with E-state index in [0.717, 1.165) is 24.7 Å². The third-order valence-electron chi connectivity index (χ3n) is 4.17. The van der Waals surface area contributed by atoms with Gasteiger partial charge in [0, 0.05) is 37.8 Å². The fourth-order valence-corrected chi connectivity index (χ4v) is 3.54. The van der Waals surface area contributed by atoms with Gasteiger partial charge in [0.15, 0.2) is 0 Å². The van der Waals surface area contributed by atoms with Crippen LogP contribution in [-0.2, 0) is 6.54 Å². The Hall–Kier alpha value is -0.860. The van der Waals surface area contributed by atoms with Gasteiger partial charge in [-0.1, -0.05) is 30.3 Å². The molecule has 3 aliphatic heterocycles. The van der Waals surface area contributed by atoms with Gasteiger partial charge in [-0.15, -0.1) is 0 Å². The van der Waals surface area contributed by atoms with Gasteiger partial charge in [0.05, 0.1) is 0 Å². The highest BCUT2D eigenvalue weighted by molar-refractivity contribution is 5.15. The minimum absolute atomic E-state index is 0.720. The first kappa shape index (κ1) is 11.2. The summed E-state index contributed by atoms with van der Waals surface area (Å²) in [5.74, 6) is 0. The summed E-state index contributed by atoms with van der Waals surface area (Å²) in [7, 11) is 0. The van der Waals surface area contributed by atoms with Crippen LogP contribution in [0.2, 0.25) is 0 Å². The number of piperidine rings is 1. The van der Waals surface area contributed by atoms with Crippen LogP contribution in [0, 0.1) is 0 Å². The lowest BCUT2D eigenvalue weighted by atomic mass is 9.85. The van der Waals surface area contributed by atoms with Crippen molar-refractivity contribution in [3.05, 3.63) is 35.9 Å². The molecule has 0 spiro atoms. The van der Waals surface area contributed by atoms with E-state index in [1.807, 2.05) is 0 Å². The van der Waals surface area contributed by atoms with Gasteiger partial charge in [-0.25, -0.2) is 0 Å². The second-order valence-corrected chi connectivity index (χ2v) is 5.76. The van der Waals surface area contributed by atoms with E-state index in [1.54, 1.807) is 0 Å². The number of rotatable bonds is 3. The van der Waals surface area contributed by atoms with E-state index in [1.165, 1.54) is 25.1 Å². The maximum Gasteiger partial charge on any atom is 0.0244 e. The van der Waals surface area contributed by atoms with Crippen molar-refractivity contribution in [2.45, 2.75) is 44.9 Å². The molecule has 17 heavy (non-hydrogen) atoms. The van der Waals surface area contributed by atoms with E-state index in [-0.39, 0.29) is 0 Å². The van der Waals surface area contributed by atoms with Gasteiger partial charge in [0.25, 0.3) is 0 Å². The van der Waals surface area contributed by atoms with Gasteiger partial charge in [-0.2, -0.15) is 0 Å². The summed E-state index contributed by atoms with van der Waals surface area (Å²) < 4.78 is 0. The van der Waals surface area contributed by atoms with E-state index >= 15 is 0 Å². The minimum Gasteiger partial charge on any atom is -0.296 e. The van der Waals surface area contributed by atoms with Crippen LogP contribution >= 0.6 is 0 Å². The van der Waals surface area contributed by atoms with Gasteiger partial charge in [0.2, 0.25) is 0 Å². The van der Waals surface area contributed by atoms with Crippen LogP contribution < -0.4 is 0 Å². The average molecular weight is 230 g/mol.